The van der Waals surface area contributed by atoms with Gasteiger partial charge in [0.2, 0.25) is 0 Å². The van der Waals surface area contributed by atoms with Gasteiger partial charge in [-0.3, -0.25) is 0 Å². The highest BCUT2D eigenvalue weighted by molar-refractivity contribution is 5.82. The highest BCUT2D eigenvalue weighted by atomic mass is 14.7. The fourth-order valence-electron chi connectivity index (χ4n) is 4.12. The van der Waals surface area contributed by atoms with Gasteiger partial charge in [0.15, 0.2) is 0 Å². The molecule has 132 valence electrons. The number of rotatable bonds is 2. The Morgan fingerprint density at radius 3 is 1.59 bits per heavy atom. The van der Waals surface area contributed by atoms with Gasteiger partial charge in [-0.15, -0.1) is 0 Å². The Kier molecular flexibility index (Phi) is 3.86. The monoisotopic (exact) mass is 348 g/mol. The highest BCUT2D eigenvalue weighted by Gasteiger charge is 2.69. The average molecular weight is 348 g/mol. The molecule has 2 unspecified atom stereocenters. The Hall–Kier alpha value is -2.86. The first kappa shape index (κ1) is 16.3. The van der Waals surface area contributed by atoms with Gasteiger partial charge >= 0.3 is 0 Å². The maximum Gasteiger partial charge on any atom is -0.00557 e. The maximum absolute atomic E-state index is 2.47. The summed E-state index contributed by atoms with van der Waals surface area (Å²) in [5.74, 6) is 2.90. The van der Waals surface area contributed by atoms with E-state index in [-0.39, 0.29) is 0 Å². The molecule has 0 heterocycles. The van der Waals surface area contributed by atoms with Gasteiger partial charge in [0, 0.05) is 0 Å². The van der Waals surface area contributed by atoms with Crippen molar-refractivity contribution in [2.45, 2.75) is 13.8 Å². The Balaban J connectivity index is 0.000000119. The van der Waals surface area contributed by atoms with Crippen molar-refractivity contribution in [3.05, 3.63) is 113 Å². The Morgan fingerprint density at radius 1 is 0.556 bits per heavy atom. The van der Waals surface area contributed by atoms with Crippen LogP contribution in [0.25, 0.3) is 16.7 Å². The van der Waals surface area contributed by atoms with Crippen LogP contribution in [0.2, 0.25) is 0 Å². The van der Waals surface area contributed by atoms with Crippen molar-refractivity contribution in [1.29, 1.82) is 0 Å². The minimum Gasteiger partial charge on any atom is -0.0723 e. The van der Waals surface area contributed by atoms with Crippen LogP contribution < -0.4 is 0 Å². The minimum absolute atomic E-state index is 0.923. The Morgan fingerprint density at radius 2 is 1.07 bits per heavy atom. The van der Waals surface area contributed by atoms with E-state index < -0.39 is 0 Å². The Bertz CT molecular complexity index is 1010. The summed E-state index contributed by atoms with van der Waals surface area (Å²) < 4.78 is 0. The van der Waals surface area contributed by atoms with Crippen molar-refractivity contribution < 1.29 is 0 Å². The van der Waals surface area contributed by atoms with E-state index in [1.54, 1.807) is 5.57 Å². The zero-order chi connectivity index (χ0) is 18.4. The molecule has 0 aliphatic heterocycles. The molecule has 4 aliphatic carbocycles. The number of benzene rings is 3. The van der Waals surface area contributed by atoms with E-state index in [1.165, 1.54) is 33.4 Å². The summed E-state index contributed by atoms with van der Waals surface area (Å²) in [6.45, 7) is 4.24. The molecule has 2 fully saturated rings. The molecule has 2 bridgehead atoms. The molecule has 2 saturated carbocycles. The SMILES string of the molecule is Cc1ccc(-c2ccccc2)cc1.Cc1ccc(C2=CC3C4C(=C2)C34)cc1. The molecule has 0 amide bonds. The molecule has 0 heteroatoms. The summed E-state index contributed by atoms with van der Waals surface area (Å²) in [7, 11) is 0. The van der Waals surface area contributed by atoms with Gasteiger partial charge in [0.25, 0.3) is 0 Å². The molecule has 3 aromatic carbocycles. The maximum atomic E-state index is 2.47. The summed E-state index contributed by atoms with van der Waals surface area (Å²) in [5.41, 5.74) is 9.77. The first-order valence-corrected chi connectivity index (χ1v) is 9.83. The zero-order valence-electron chi connectivity index (χ0n) is 15.9. The molecule has 2 atom stereocenters. The standard InChI is InChI=1S/C14H12.C13H12/c1-8-2-4-9(5-3-8)10-6-11-13-12(7-10)14(11)13;1-11-7-9-13(10-8-11)12-5-3-2-4-6-12/h2-7,11,13-14H,1H3;2-10H,1H3. The molecule has 4 aliphatic rings. The molecule has 0 N–H and O–H groups in total. The van der Waals surface area contributed by atoms with E-state index in [0.717, 1.165) is 17.8 Å². The number of hydrogen-bond acceptors (Lipinski definition) is 0. The summed E-state index contributed by atoms with van der Waals surface area (Å²) in [4.78, 5) is 0. The van der Waals surface area contributed by atoms with Crippen molar-refractivity contribution in [2.24, 2.45) is 17.8 Å². The molecule has 3 aromatic rings. The lowest BCUT2D eigenvalue weighted by Crippen LogP contribution is -1.96. The second kappa shape index (κ2) is 6.39. The third kappa shape index (κ3) is 3.17. The van der Waals surface area contributed by atoms with Crippen LogP contribution in [0.4, 0.5) is 0 Å². The second-order valence-corrected chi connectivity index (χ2v) is 7.99. The van der Waals surface area contributed by atoms with Crippen molar-refractivity contribution in [1.82, 2.24) is 0 Å². The van der Waals surface area contributed by atoms with Crippen LogP contribution in [0.3, 0.4) is 0 Å². The normalized spacial score (nSPS) is 23.3. The minimum atomic E-state index is 0.923. The van der Waals surface area contributed by atoms with E-state index in [4.69, 9.17) is 0 Å². The predicted molar refractivity (Wildman–Crippen MR) is 114 cm³/mol. The summed E-state index contributed by atoms with van der Waals surface area (Å²) in [6, 6.07) is 27.9. The van der Waals surface area contributed by atoms with Crippen molar-refractivity contribution >= 4 is 5.57 Å². The third-order valence-electron chi connectivity index (χ3n) is 5.97. The molecular weight excluding hydrogens is 324 g/mol. The van der Waals surface area contributed by atoms with Crippen molar-refractivity contribution in [3.8, 4) is 11.1 Å². The summed E-state index contributed by atoms with van der Waals surface area (Å²) in [5, 5.41) is 0. The molecule has 0 nitrogen and oxygen atoms in total. The van der Waals surface area contributed by atoms with Crippen LogP contribution >= 0.6 is 0 Å². The van der Waals surface area contributed by atoms with Crippen molar-refractivity contribution in [2.75, 3.05) is 0 Å². The predicted octanol–water partition coefficient (Wildman–Crippen LogP) is 6.86. The van der Waals surface area contributed by atoms with Crippen LogP contribution in [0.15, 0.2) is 96.6 Å². The van der Waals surface area contributed by atoms with Crippen LogP contribution in [-0.2, 0) is 0 Å². The summed E-state index contributed by atoms with van der Waals surface area (Å²) >= 11 is 0. The van der Waals surface area contributed by atoms with E-state index in [9.17, 15) is 0 Å². The largest absolute Gasteiger partial charge is 0.0723 e. The van der Waals surface area contributed by atoms with Gasteiger partial charge in [-0.2, -0.15) is 0 Å². The van der Waals surface area contributed by atoms with Crippen LogP contribution in [0.1, 0.15) is 16.7 Å². The quantitative estimate of drug-likeness (QED) is 0.475. The molecule has 0 spiro atoms. The number of fused-ring (bicyclic) bond motifs is 1. The van der Waals surface area contributed by atoms with E-state index in [1.807, 2.05) is 6.07 Å². The number of hydrogen-bond donors (Lipinski definition) is 0. The lowest BCUT2D eigenvalue weighted by atomic mass is 9.93. The zero-order valence-corrected chi connectivity index (χ0v) is 15.9. The second-order valence-electron chi connectivity index (χ2n) is 7.99. The first-order valence-electron chi connectivity index (χ1n) is 9.83. The van der Waals surface area contributed by atoms with Gasteiger partial charge in [0.05, 0.1) is 0 Å². The van der Waals surface area contributed by atoms with Gasteiger partial charge in [0.1, 0.15) is 0 Å². The first-order chi connectivity index (χ1) is 13.2. The molecular formula is C27H24. The highest BCUT2D eigenvalue weighted by Crippen LogP contribution is 2.76. The van der Waals surface area contributed by atoms with E-state index >= 15 is 0 Å². The summed E-state index contributed by atoms with van der Waals surface area (Å²) in [6.07, 6.45) is 4.87. The number of allylic oxidation sites excluding steroid dienone is 4. The van der Waals surface area contributed by atoms with Gasteiger partial charge in [-0.25, -0.2) is 0 Å². The van der Waals surface area contributed by atoms with E-state index in [2.05, 4.69) is 98.8 Å². The van der Waals surface area contributed by atoms with E-state index in [0.29, 0.717) is 0 Å². The van der Waals surface area contributed by atoms with Gasteiger partial charge in [-0.05, 0) is 53.9 Å². The Labute approximate surface area is 161 Å². The molecule has 27 heavy (non-hydrogen) atoms. The molecule has 0 aromatic heterocycles. The fraction of sp³-hybridized carbons (Fsp3) is 0.185. The topological polar surface area (TPSA) is 0 Å². The van der Waals surface area contributed by atoms with Crippen LogP contribution in [0, 0.1) is 31.6 Å². The third-order valence-corrected chi connectivity index (χ3v) is 5.97. The lowest BCUT2D eigenvalue weighted by molar-refractivity contribution is 0.859. The van der Waals surface area contributed by atoms with Gasteiger partial charge < -0.3 is 0 Å². The van der Waals surface area contributed by atoms with Crippen LogP contribution in [-0.4, -0.2) is 0 Å². The lowest BCUT2D eigenvalue weighted by Gasteiger charge is -2.12. The molecule has 0 saturated heterocycles. The molecule has 0 radical (unpaired) electrons. The van der Waals surface area contributed by atoms with Crippen LogP contribution in [0.5, 0.6) is 0 Å². The number of aryl methyl sites for hydroxylation is 2. The molecule has 7 rings (SSSR count). The fourth-order valence-corrected chi connectivity index (χ4v) is 4.12. The van der Waals surface area contributed by atoms with Gasteiger partial charge in [-0.1, -0.05) is 108 Å². The average Bonchev–Trinajstić information content (AvgIpc) is 3.63. The van der Waals surface area contributed by atoms with Crippen molar-refractivity contribution in [3.63, 3.8) is 0 Å². The smallest absolute Gasteiger partial charge is 0.00557 e.